The van der Waals surface area contributed by atoms with Crippen molar-refractivity contribution in [2.45, 2.75) is 6.61 Å². The summed E-state index contributed by atoms with van der Waals surface area (Å²) in [5.74, 6) is 0.617. The smallest absolute Gasteiger partial charge is 0.272 e. The summed E-state index contributed by atoms with van der Waals surface area (Å²) in [7, 11) is 1.54. The molecule has 0 spiro atoms. The van der Waals surface area contributed by atoms with Gasteiger partial charge in [0.1, 0.15) is 6.61 Å². The number of ether oxygens (including phenoxy) is 2. The fourth-order valence-electron chi connectivity index (χ4n) is 4.21. The first-order valence-electron chi connectivity index (χ1n) is 12.3. The van der Waals surface area contributed by atoms with E-state index in [4.69, 9.17) is 14.5 Å². The van der Waals surface area contributed by atoms with Gasteiger partial charge in [0.15, 0.2) is 11.5 Å². The number of benzene rings is 4. The highest BCUT2D eigenvalue weighted by Crippen LogP contribution is 2.37. The van der Waals surface area contributed by atoms with Gasteiger partial charge in [-0.3, -0.25) is 4.79 Å². The second-order valence-electron chi connectivity index (χ2n) is 8.73. The van der Waals surface area contributed by atoms with Gasteiger partial charge in [-0.25, -0.2) is 10.4 Å². The Kier molecular flexibility index (Phi) is 8.14. The zero-order chi connectivity index (χ0) is 27.9. The van der Waals surface area contributed by atoms with Crippen LogP contribution in [0.5, 0.6) is 11.5 Å². The molecular weight excluding hydrogens is 568 g/mol. The number of rotatable bonds is 8. The van der Waals surface area contributed by atoms with Gasteiger partial charge in [-0.05, 0) is 51.8 Å². The van der Waals surface area contributed by atoms with Crippen LogP contribution < -0.4 is 14.9 Å². The third-order valence-electron chi connectivity index (χ3n) is 6.17. The summed E-state index contributed by atoms with van der Waals surface area (Å²) in [4.78, 5) is 18.0. The van der Waals surface area contributed by atoms with Crippen LogP contribution in [0.3, 0.4) is 0 Å². The van der Waals surface area contributed by atoms with Gasteiger partial charge in [-0.15, -0.1) is 0 Å². The van der Waals surface area contributed by atoms with Gasteiger partial charge in [0.2, 0.25) is 0 Å². The zero-order valence-electron chi connectivity index (χ0n) is 21.5. The molecule has 5 rings (SSSR count). The first-order valence-corrected chi connectivity index (χ1v) is 13.1. The Morgan fingerprint density at radius 2 is 1.77 bits per heavy atom. The number of aromatic nitrogens is 1. The van der Waals surface area contributed by atoms with Gasteiger partial charge in [0, 0.05) is 16.5 Å². The topological polar surface area (TPSA) is 96.6 Å². The first kappa shape index (κ1) is 26.6. The number of fused-ring (bicyclic) bond motifs is 1. The van der Waals surface area contributed by atoms with Gasteiger partial charge < -0.3 is 9.47 Å². The number of amides is 1. The molecule has 8 heteroatoms. The second kappa shape index (κ2) is 12.2. The quantitative estimate of drug-likeness (QED) is 0.157. The molecule has 0 unspecified atom stereocenters. The van der Waals surface area contributed by atoms with Crippen LogP contribution in [-0.2, 0) is 6.61 Å². The monoisotopic (exact) mass is 590 g/mol. The van der Waals surface area contributed by atoms with Crippen LogP contribution in [0.4, 0.5) is 0 Å². The highest BCUT2D eigenvalue weighted by molar-refractivity contribution is 9.10. The molecule has 1 amide bonds. The molecule has 0 radical (unpaired) electrons. The lowest BCUT2D eigenvalue weighted by Crippen LogP contribution is -2.18. The molecule has 5 aromatic rings. The molecule has 0 bridgehead atoms. The number of pyridine rings is 1. The molecule has 7 nitrogen and oxygen atoms in total. The molecular formula is C32H23BrN4O3. The van der Waals surface area contributed by atoms with E-state index in [0.717, 1.165) is 22.0 Å². The van der Waals surface area contributed by atoms with Gasteiger partial charge >= 0.3 is 0 Å². The van der Waals surface area contributed by atoms with E-state index in [1.165, 1.54) is 6.21 Å². The van der Waals surface area contributed by atoms with Crippen molar-refractivity contribution in [1.82, 2.24) is 10.4 Å². The summed E-state index contributed by atoms with van der Waals surface area (Å²) < 4.78 is 12.2. The molecule has 0 atom stereocenters. The SMILES string of the molecule is COc1cc(/C=N/NC(=O)c2cc(-c3ccccc3)nc3ccccc23)cc(Br)c1OCc1ccccc1C#N. The third kappa shape index (κ3) is 5.85. The van der Waals surface area contributed by atoms with Crippen molar-refractivity contribution >= 4 is 39.0 Å². The minimum atomic E-state index is -0.353. The molecule has 0 saturated heterocycles. The summed E-state index contributed by atoms with van der Waals surface area (Å²) in [5, 5.41) is 14.3. The van der Waals surface area contributed by atoms with Crippen LogP contribution in [0.25, 0.3) is 22.2 Å². The van der Waals surface area contributed by atoms with E-state index in [-0.39, 0.29) is 12.5 Å². The Morgan fingerprint density at radius 3 is 2.58 bits per heavy atom. The standard InChI is InChI=1S/C32H23BrN4O3/c1-39-30-16-21(15-27(33)31(30)40-20-24-12-6-5-11-23(24)18-34)19-35-37-32(38)26-17-29(22-9-3-2-4-10-22)36-28-14-8-7-13-25(26)28/h2-17,19H,20H2,1H3,(H,37,38)/b35-19+. The van der Waals surface area contributed by atoms with Crippen molar-refractivity contribution < 1.29 is 14.3 Å². The summed E-state index contributed by atoms with van der Waals surface area (Å²) in [6, 6.07) is 32.0. The number of nitrogens with zero attached hydrogens (tertiary/aromatic N) is 3. The largest absolute Gasteiger partial charge is 0.493 e. The maximum atomic E-state index is 13.2. The van der Waals surface area contributed by atoms with Crippen LogP contribution in [0.2, 0.25) is 0 Å². The van der Waals surface area contributed by atoms with Crippen molar-refractivity contribution in [3.63, 3.8) is 0 Å². The number of carbonyl (C=O) groups is 1. The number of methoxy groups -OCH3 is 1. The Bertz CT molecular complexity index is 1760. The third-order valence-corrected chi connectivity index (χ3v) is 6.76. The van der Waals surface area contributed by atoms with Crippen molar-refractivity contribution in [1.29, 1.82) is 5.26 Å². The average Bonchev–Trinajstić information content (AvgIpc) is 3.00. The van der Waals surface area contributed by atoms with Crippen LogP contribution in [-0.4, -0.2) is 24.2 Å². The second-order valence-corrected chi connectivity index (χ2v) is 9.58. The summed E-state index contributed by atoms with van der Waals surface area (Å²) in [6.45, 7) is 0.201. The van der Waals surface area contributed by atoms with Crippen LogP contribution in [0.1, 0.15) is 27.0 Å². The lowest BCUT2D eigenvalue weighted by atomic mass is 10.0. The summed E-state index contributed by atoms with van der Waals surface area (Å²) in [5.41, 5.74) is 7.45. The van der Waals surface area contributed by atoms with E-state index >= 15 is 0 Å². The van der Waals surface area contributed by atoms with Gasteiger partial charge in [-0.2, -0.15) is 10.4 Å². The number of nitriles is 1. The molecule has 40 heavy (non-hydrogen) atoms. The number of halogens is 1. The van der Waals surface area contributed by atoms with E-state index in [1.807, 2.05) is 72.8 Å². The predicted molar refractivity (Wildman–Crippen MR) is 158 cm³/mol. The van der Waals surface area contributed by atoms with E-state index in [9.17, 15) is 10.1 Å². The molecule has 0 aliphatic heterocycles. The molecule has 1 aromatic heterocycles. The Labute approximate surface area is 239 Å². The van der Waals surface area contributed by atoms with Gasteiger partial charge in [-0.1, -0.05) is 66.7 Å². The molecule has 1 heterocycles. The Balaban J connectivity index is 1.35. The van der Waals surface area contributed by atoms with E-state index in [1.54, 1.807) is 31.4 Å². The molecule has 196 valence electrons. The number of hydrogen-bond donors (Lipinski definition) is 1. The fraction of sp³-hybridized carbons (Fsp3) is 0.0625. The number of hydrogen-bond acceptors (Lipinski definition) is 6. The minimum Gasteiger partial charge on any atom is -0.493 e. The lowest BCUT2D eigenvalue weighted by molar-refractivity contribution is 0.0956. The fourth-order valence-corrected chi connectivity index (χ4v) is 4.78. The molecule has 0 aliphatic carbocycles. The maximum Gasteiger partial charge on any atom is 0.272 e. The van der Waals surface area contributed by atoms with E-state index in [2.05, 4.69) is 32.5 Å². The highest BCUT2D eigenvalue weighted by atomic mass is 79.9. The average molecular weight is 591 g/mol. The molecule has 1 N–H and O–H groups in total. The molecule has 0 saturated carbocycles. The number of carbonyl (C=O) groups excluding carboxylic acids is 1. The number of nitrogens with one attached hydrogen (secondary N) is 1. The van der Waals surface area contributed by atoms with Gasteiger partial charge in [0.05, 0.1) is 46.2 Å². The molecule has 0 fully saturated rings. The van der Waals surface area contributed by atoms with Crippen molar-refractivity contribution in [3.8, 4) is 28.8 Å². The lowest BCUT2D eigenvalue weighted by Gasteiger charge is -2.14. The van der Waals surface area contributed by atoms with Crippen LogP contribution in [0, 0.1) is 11.3 Å². The summed E-state index contributed by atoms with van der Waals surface area (Å²) in [6.07, 6.45) is 1.53. The predicted octanol–water partition coefficient (Wildman–Crippen LogP) is 6.89. The Morgan fingerprint density at radius 1 is 1.02 bits per heavy atom. The highest BCUT2D eigenvalue weighted by Gasteiger charge is 2.15. The van der Waals surface area contributed by atoms with Crippen molar-refractivity contribution in [2.75, 3.05) is 7.11 Å². The molecule has 4 aromatic carbocycles. The summed E-state index contributed by atoms with van der Waals surface area (Å²) >= 11 is 3.54. The number of hydrazone groups is 1. The maximum absolute atomic E-state index is 13.2. The Hall–Kier alpha value is -5.00. The van der Waals surface area contributed by atoms with Gasteiger partial charge in [0.25, 0.3) is 5.91 Å². The van der Waals surface area contributed by atoms with Crippen LogP contribution >= 0.6 is 15.9 Å². The minimum absolute atomic E-state index is 0.201. The number of para-hydroxylation sites is 1. The van der Waals surface area contributed by atoms with Crippen molar-refractivity contribution in [2.24, 2.45) is 5.10 Å². The van der Waals surface area contributed by atoms with Crippen LogP contribution in [0.15, 0.2) is 107 Å². The van der Waals surface area contributed by atoms with E-state index < -0.39 is 0 Å². The first-order chi connectivity index (χ1) is 19.6. The van der Waals surface area contributed by atoms with E-state index in [0.29, 0.717) is 38.4 Å². The zero-order valence-corrected chi connectivity index (χ0v) is 23.1. The normalized spacial score (nSPS) is 10.8. The molecule has 0 aliphatic rings. The van der Waals surface area contributed by atoms with Crippen molar-refractivity contribution in [3.05, 3.63) is 124 Å².